The van der Waals surface area contributed by atoms with Crippen molar-refractivity contribution in [2.24, 2.45) is 0 Å². The Kier molecular flexibility index (Phi) is 3.93. The van der Waals surface area contributed by atoms with E-state index in [0.717, 1.165) is 28.6 Å². The predicted molar refractivity (Wildman–Crippen MR) is 68.8 cm³/mol. The first-order chi connectivity index (χ1) is 8.28. The van der Waals surface area contributed by atoms with Gasteiger partial charge in [-0.2, -0.15) is 0 Å². The van der Waals surface area contributed by atoms with Crippen LogP contribution in [0.3, 0.4) is 0 Å². The van der Waals surface area contributed by atoms with Crippen LogP contribution < -0.4 is 5.73 Å². The molecule has 0 aliphatic rings. The molecule has 0 bridgehead atoms. The summed E-state index contributed by atoms with van der Waals surface area (Å²) < 4.78 is 0. The van der Waals surface area contributed by atoms with Crippen LogP contribution in [0.5, 0.6) is 0 Å². The lowest BCUT2D eigenvalue weighted by molar-refractivity contribution is 0.813. The Morgan fingerprint density at radius 1 is 1.24 bits per heavy atom. The number of anilines is 1. The number of nitrogen functional groups attached to an aromatic ring is 1. The fourth-order valence-electron chi connectivity index (χ4n) is 1.41. The highest BCUT2D eigenvalue weighted by Gasteiger charge is 2.04. The summed E-state index contributed by atoms with van der Waals surface area (Å²) in [6.07, 6.45) is 5.40. The van der Waals surface area contributed by atoms with Crippen LogP contribution in [0.25, 0.3) is 0 Å². The minimum absolute atomic E-state index is 0.528. The van der Waals surface area contributed by atoms with Crippen molar-refractivity contribution in [1.82, 2.24) is 15.0 Å². The third-order valence-electron chi connectivity index (χ3n) is 2.11. The molecule has 5 heteroatoms. The maximum atomic E-state index is 5.77. The standard InChI is InChI=1S/C12H14N4S/c1-2-3-11-15-10(13)8-12(16-11)17-9-4-6-14-7-5-9/h4-8H,2-3H2,1H3,(H2,13,15,16). The number of nitrogens with zero attached hydrogens (tertiary/aromatic N) is 3. The number of hydrogen-bond acceptors (Lipinski definition) is 5. The van der Waals surface area contributed by atoms with Gasteiger partial charge >= 0.3 is 0 Å². The van der Waals surface area contributed by atoms with Crippen LogP contribution in [0.15, 0.2) is 40.5 Å². The van der Waals surface area contributed by atoms with E-state index >= 15 is 0 Å². The van der Waals surface area contributed by atoms with E-state index in [0.29, 0.717) is 5.82 Å². The van der Waals surface area contributed by atoms with Crippen LogP contribution >= 0.6 is 11.8 Å². The van der Waals surface area contributed by atoms with E-state index < -0.39 is 0 Å². The van der Waals surface area contributed by atoms with Gasteiger partial charge in [-0.05, 0) is 18.6 Å². The summed E-state index contributed by atoms with van der Waals surface area (Å²) in [6.45, 7) is 2.10. The molecule has 0 aliphatic carbocycles. The van der Waals surface area contributed by atoms with Gasteiger partial charge in [0, 0.05) is 29.8 Å². The zero-order valence-electron chi connectivity index (χ0n) is 9.63. The number of aryl methyl sites for hydroxylation is 1. The van der Waals surface area contributed by atoms with Crippen molar-refractivity contribution in [2.75, 3.05) is 5.73 Å². The summed E-state index contributed by atoms with van der Waals surface area (Å²) in [5, 5.41) is 0.882. The fraction of sp³-hybridized carbons (Fsp3) is 0.250. The molecule has 0 amide bonds. The molecule has 2 aromatic rings. The van der Waals surface area contributed by atoms with Crippen molar-refractivity contribution in [1.29, 1.82) is 0 Å². The molecule has 4 nitrogen and oxygen atoms in total. The van der Waals surface area contributed by atoms with Gasteiger partial charge < -0.3 is 5.73 Å². The van der Waals surface area contributed by atoms with Crippen LogP contribution in [0, 0.1) is 0 Å². The molecule has 88 valence electrons. The summed E-state index contributed by atoms with van der Waals surface area (Å²) in [6, 6.07) is 5.69. The second kappa shape index (κ2) is 5.63. The highest BCUT2D eigenvalue weighted by Crippen LogP contribution is 2.26. The maximum absolute atomic E-state index is 5.77. The Hall–Kier alpha value is -1.62. The van der Waals surface area contributed by atoms with Gasteiger partial charge in [0.2, 0.25) is 0 Å². The van der Waals surface area contributed by atoms with E-state index in [9.17, 15) is 0 Å². The van der Waals surface area contributed by atoms with Gasteiger partial charge in [-0.25, -0.2) is 9.97 Å². The summed E-state index contributed by atoms with van der Waals surface area (Å²) in [5.41, 5.74) is 5.77. The Morgan fingerprint density at radius 2 is 2.00 bits per heavy atom. The minimum Gasteiger partial charge on any atom is -0.384 e. The van der Waals surface area contributed by atoms with Crippen molar-refractivity contribution < 1.29 is 0 Å². The monoisotopic (exact) mass is 246 g/mol. The van der Waals surface area contributed by atoms with Crippen molar-refractivity contribution in [3.63, 3.8) is 0 Å². The summed E-state index contributed by atoms with van der Waals surface area (Å²) in [7, 11) is 0. The molecular formula is C12H14N4S. The fourth-order valence-corrected chi connectivity index (χ4v) is 2.24. The minimum atomic E-state index is 0.528. The second-order valence-corrected chi connectivity index (χ2v) is 4.68. The lowest BCUT2D eigenvalue weighted by Crippen LogP contribution is -2.00. The number of nitrogens with two attached hydrogens (primary N) is 1. The lowest BCUT2D eigenvalue weighted by atomic mass is 10.3. The zero-order valence-corrected chi connectivity index (χ0v) is 10.4. The lowest BCUT2D eigenvalue weighted by Gasteiger charge is -2.04. The van der Waals surface area contributed by atoms with Crippen LogP contribution in [0.1, 0.15) is 19.2 Å². The molecule has 2 heterocycles. The van der Waals surface area contributed by atoms with Gasteiger partial charge in [-0.1, -0.05) is 18.7 Å². The highest BCUT2D eigenvalue weighted by atomic mass is 32.2. The Balaban J connectivity index is 2.21. The molecule has 0 spiro atoms. The molecule has 17 heavy (non-hydrogen) atoms. The average molecular weight is 246 g/mol. The van der Waals surface area contributed by atoms with Crippen molar-refractivity contribution in [3.8, 4) is 0 Å². The average Bonchev–Trinajstić information content (AvgIpc) is 2.30. The summed E-state index contributed by atoms with van der Waals surface area (Å²) in [4.78, 5) is 13.8. The molecule has 0 aromatic carbocycles. The topological polar surface area (TPSA) is 64.7 Å². The summed E-state index contributed by atoms with van der Waals surface area (Å²) >= 11 is 1.57. The van der Waals surface area contributed by atoms with E-state index in [1.54, 1.807) is 30.2 Å². The predicted octanol–water partition coefficient (Wildman–Crippen LogP) is 2.56. The molecular weight excluding hydrogens is 232 g/mol. The molecule has 2 aromatic heterocycles. The van der Waals surface area contributed by atoms with Crippen molar-refractivity contribution >= 4 is 17.6 Å². The number of hydrogen-bond donors (Lipinski definition) is 1. The first-order valence-electron chi connectivity index (χ1n) is 5.49. The molecule has 0 atom stereocenters. The third-order valence-corrected chi connectivity index (χ3v) is 3.04. The number of rotatable bonds is 4. The van der Waals surface area contributed by atoms with E-state index in [-0.39, 0.29) is 0 Å². The third kappa shape index (κ3) is 3.42. The molecule has 0 unspecified atom stereocenters. The number of pyridine rings is 1. The Labute approximate surface area is 105 Å². The van der Waals surface area contributed by atoms with Crippen LogP contribution in [-0.2, 0) is 6.42 Å². The van der Waals surface area contributed by atoms with Crippen molar-refractivity contribution in [2.45, 2.75) is 29.7 Å². The highest BCUT2D eigenvalue weighted by molar-refractivity contribution is 7.99. The van der Waals surface area contributed by atoms with E-state index in [2.05, 4.69) is 21.9 Å². The normalized spacial score (nSPS) is 10.4. The van der Waals surface area contributed by atoms with Gasteiger partial charge in [-0.3, -0.25) is 4.98 Å². The molecule has 0 aliphatic heterocycles. The second-order valence-electron chi connectivity index (χ2n) is 3.58. The van der Waals surface area contributed by atoms with Crippen molar-refractivity contribution in [3.05, 3.63) is 36.4 Å². The molecule has 2 rings (SSSR count). The molecule has 0 saturated carbocycles. The first-order valence-corrected chi connectivity index (χ1v) is 6.31. The zero-order chi connectivity index (χ0) is 12.1. The van der Waals surface area contributed by atoms with Gasteiger partial charge in [0.25, 0.3) is 0 Å². The Bertz CT molecular complexity index is 487. The molecule has 0 fully saturated rings. The first kappa shape index (κ1) is 11.9. The largest absolute Gasteiger partial charge is 0.384 e. The maximum Gasteiger partial charge on any atom is 0.132 e. The number of aromatic nitrogens is 3. The Morgan fingerprint density at radius 3 is 2.71 bits per heavy atom. The van der Waals surface area contributed by atoms with Gasteiger partial charge in [0.05, 0.1) is 0 Å². The molecule has 0 radical (unpaired) electrons. The van der Waals surface area contributed by atoms with E-state index in [4.69, 9.17) is 5.73 Å². The van der Waals surface area contributed by atoms with E-state index in [1.807, 2.05) is 12.1 Å². The van der Waals surface area contributed by atoms with Gasteiger partial charge in [-0.15, -0.1) is 0 Å². The smallest absolute Gasteiger partial charge is 0.132 e. The SMILES string of the molecule is CCCc1nc(N)cc(Sc2ccncc2)n1. The quantitative estimate of drug-likeness (QED) is 0.840. The van der Waals surface area contributed by atoms with E-state index in [1.165, 1.54) is 0 Å². The van der Waals surface area contributed by atoms with Crippen LogP contribution in [0.2, 0.25) is 0 Å². The molecule has 0 saturated heterocycles. The summed E-state index contributed by atoms with van der Waals surface area (Å²) in [5.74, 6) is 1.34. The van der Waals surface area contributed by atoms with Crippen LogP contribution in [-0.4, -0.2) is 15.0 Å². The molecule has 2 N–H and O–H groups in total. The van der Waals surface area contributed by atoms with Gasteiger partial charge in [0.1, 0.15) is 16.7 Å². The van der Waals surface area contributed by atoms with Gasteiger partial charge in [0.15, 0.2) is 0 Å². The van der Waals surface area contributed by atoms with Crippen LogP contribution in [0.4, 0.5) is 5.82 Å².